The highest BCUT2D eigenvalue weighted by molar-refractivity contribution is 5.80. The molecule has 0 saturated carbocycles. The van der Waals surface area contributed by atoms with E-state index in [1.807, 2.05) is 12.1 Å². The Kier molecular flexibility index (Phi) is 6.56. The van der Waals surface area contributed by atoms with Crippen molar-refractivity contribution in [1.82, 2.24) is 5.32 Å². The Morgan fingerprint density at radius 2 is 1.91 bits per heavy atom. The Hall–Kier alpha value is -1.71. The molecule has 0 bridgehead atoms. The molecule has 22 heavy (non-hydrogen) atoms. The molecule has 0 aliphatic carbocycles. The number of Topliss-reactive ketones (excluding diaryl/α,β-unsaturated/α-hetero) is 1. The number of ketones is 1. The number of carbonyl (C=O) groups excluding carboxylic acids is 2. The fourth-order valence-corrected chi connectivity index (χ4v) is 2.83. The monoisotopic (exact) mass is 305 g/mol. The summed E-state index contributed by atoms with van der Waals surface area (Å²) in [5.41, 5.74) is 1.14. The van der Waals surface area contributed by atoms with Gasteiger partial charge in [0.15, 0.2) is 0 Å². The van der Waals surface area contributed by atoms with Crippen molar-refractivity contribution in [3.63, 3.8) is 0 Å². The Labute approximate surface area is 131 Å². The number of carbonyl (C=O) groups is 2. The van der Waals surface area contributed by atoms with Gasteiger partial charge >= 0.3 is 0 Å². The van der Waals surface area contributed by atoms with Crippen LogP contribution in [0.2, 0.25) is 0 Å². The number of amides is 1. The lowest BCUT2D eigenvalue weighted by molar-refractivity contribution is -0.121. The minimum absolute atomic E-state index is 0.109. The molecule has 1 aromatic rings. The van der Waals surface area contributed by atoms with E-state index in [2.05, 4.69) is 5.32 Å². The molecule has 1 aromatic carbocycles. The third-order valence-electron chi connectivity index (χ3n) is 4.19. The molecular weight excluding hydrogens is 281 g/mol. The summed E-state index contributed by atoms with van der Waals surface area (Å²) >= 11 is 0. The highest BCUT2D eigenvalue weighted by Crippen LogP contribution is 2.14. The van der Waals surface area contributed by atoms with Gasteiger partial charge in [0.25, 0.3) is 0 Å². The molecule has 1 atom stereocenters. The van der Waals surface area contributed by atoms with Gasteiger partial charge in [-0.1, -0.05) is 18.6 Å². The van der Waals surface area contributed by atoms with Gasteiger partial charge in [0.1, 0.15) is 11.6 Å². The number of rotatable bonds is 9. The minimum atomic E-state index is -0.201. The number of benzene rings is 1. The van der Waals surface area contributed by atoms with Crippen molar-refractivity contribution in [2.24, 2.45) is 0 Å². The summed E-state index contributed by atoms with van der Waals surface area (Å²) in [6, 6.07) is 6.81. The first-order chi connectivity index (χ1) is 10.6. The van der Waals surface area contributed by atoms with Crippen LogP contribution in [0, 0.1) is 5.82 Å². The summed E-state index contributed by atoms with van der Waals surface area (Å²) in [7, 11) is 0. The van der Waals surface area contributed by atoms with Gasteiger partial charge in [-0.3, -0.25) is 9.59 Å². The lowest BCUT2D eigenvalue weighted by Gasteiger charge is -2.08. The topological polar surface area (TPSA) is 46.2 Å². The summed E-state index contributed by atoms with van der Waals surface area (Å²) in [4.78, 5) is 22.9. The van der Waals surface area contributed by atoms with E-state index in [0.29, 0.717) is 25.0 Å². The van der Waals surface area contributed by atoms with Gasteiger partial charge in [-0.05, 0) is 49.8 Å². The van der Waals surface area contributed by atoms with Crippen molar-refractivity contribution in [2.45, 2.75) is 63.8 Å². The highest BCUT2D eigenvalue weighted by atomic mass is 19.1. The second-order valence-electron chi connectivity index (χ2n) is 6.07. The quantitative estimate of drug-likeness (QED) is 0.709. The van der Waals surface area contributed by atoms with Crippen LogP contribution in [-0.4, -0.2) is 17.7 Å². The van der Waals surface area contributed by atoms with Gasteiger partial charge in [0.05, 0.1) is 0 Å². The first kappa shape index (κ1) is 16.7. The third kappa shape index (κ3) is 5.96. The van der Waals surface area contributed by atoms with E-state index in [9.17, 15) is 14.0 Å². The van der Waals surface area contributed by atoms with Crippen LogP contribution < -0.4 is 5.32 Å². The summed E-state index contributed by atoms with van der Waals surface area (Å²) in [6.07, 6.45) is 7.33. The maximum atomic E-state index is 12.8. The predicted octanol–water partition coefficient (Wildman–Crippen LogP) is 3.56. The van der Waals surface area contributed by atoms with Crippen molar-refractivity contribution >= 4 is 11.7 Å². The van der Waals surface area contributed by atoms with Gasteiger partial charge in [0, 0.05) is 25.3 Å². The first-order valence-electron chi connectivity index (χ1n) is 8.19. The van der Waals surface area contributed by atoms with Crippen molar-refractivity contribution in [2.75, 3.05) is 0 Å². The Balaban J connectivity index is 1.50. The number of aryl methyl sites for hydroxylation is 1. The number of nitrogens with one attached hydrogen (secondary N) is 1. The molecule has 120 valence electrons. The second kappa shape index (κ2) is 8.66. The van der Waals surface area contributed by atoms with Gasteiger partial charge in [0.2, 0.25) is 5.91 Å². The van der Waals surface area contributed by atoms with Crippen LogP contribution in [0.25, 0.3) is 0 Å². The fourth-order valence-electron chi connectivity index (χ4n) is 2.83. The lowest BCUT2D eigenvalue weighted by atomic mass is 10.0. The van der Waals surface area contributed by atoms with Crippen molar-refractivity contribution in [3.8, 4) is 0 Å². The molecule has 0 aromatic heterocycles. The molecule has 1 saturated heterocycles. The molecule has 1 N–H and O–H groups in total. The molecule has 1 heterocycles. The van der Waals surface area contributed by atoms with Crippen LogP contribution in [0.4, 0.5) is 4.39 Å². The van der Waals surface area contributed by atoms with E-state index in [1.54, 1.807) is 0 Å². The van der Waals surface area contributed by atoms with E-state index in [0.717, 1.165) is 44.1 Å². The molecule has 1 aliphatic rings. The number of hydrogen-bond acceptors (Lipinski definition) is 2. The zero-order chi connectivity index (χ0) is 15.8. The van der Waals surface area contributed by atoms with Crippen molar-refractivity contribution in [3.05, 3.63) is 35.6 Å². The molecular formula is C18H24FNO2. The molecule has 2 rings (SSSR count). The summed E-state index contributed by atoms with van der Waals surface area (Å²) in [6.45, 7) is 0. The summed E-state index contributed by atoms with van der Waals surface area (Å²) < 4.78 is 12.8. The second-order valence-corrected chi connectivity index (χ2v) is 6.07. The molecule has 4 heteroatoms. The standard InChI is InChI=1S/C18H24FNO2/c19-15-8-6-14(7-9-15)4-2-1-3-5-17(21)12-10-16-11-13-18(22)20-16/h6-9,16H,1-5,10-13H2,(H,20,22). The Bertz CT molecular complexity index is 498. The number of halogens is 1. The van der Waals surface area contributed by atoms with E-state index in [-0.39, 0.29) is 17.8 Å². The van der Waals surface area contributed by atoms with Crippen molar-refractivity contribution < 1.29 is 14.0 Å². The smallest absolute Gasteiger partial charge is 0.220 e. The average Bonchev–Trinajstić information content (AvgIpc) is 2.92. The normalized spacial score (nSPS) is 17.5. The van der Waals surface area contributed by atoms with E-state index >= 15 is 0 Å². The molecule has 1 unspecified atom stereocenters. The Morgan fingerprint density at radius 3 is 2.59 bits per heavy atom. The van der Waals surface area contributed by atoms with Crippen LogP contribution >= 0.6 is 0 Å². The zero-order valence-corrected chi connectivity index (χ0v) is 12.9. The minimum Gasteiger partial charge on any atom is -0.353 e. The maximum Gasteiger partial charge on any atom is 0.220 e. The van der Waals surface area contributed by atoms with Crippen LogP contribution in [0.3, 0.4) is 0 Å². The predicted molar refractivity (Wildman–Crippen MR) is 84.0 cm³/mol. The van der Waals surface area contributed by atoms with Crippen LogP contribution in [-0.2, 0) is 16.0 Å². The Morgan fingerprint density at radius 1 is 1.14 bits per heavy atom. The summed E-state index contributed by atoms with van der Waals surface area (Å²) in [5.74, 6) is 0.203. The van der Waals surface area contributed by atoms with Crippen molar-refractivity contribution in [1.29, 1.82) is 0 Å². The summed E-state index contributed by atoms with van der Waals surface area (Å²) in [5, 5.41) is 2.89. The van der Waals surface area contributed by atoms with Crippen LogP contribution in [0.1, 0.15) is 56.9 Å². The lowest BCUT2D eigenvalue weighted by Crippen LogP contribution is -2.25. The molecule has 1 aliphatic heterocycles. The molecule has 0 radical (unpaired) electrons. The average molecular weight is 305 g/mol. The van der Waals surface area contributed by atoms with Gasteiger partial charge in [-0.15, -0.1) is 0 Å². The SMILES string of the molecule is O=C(CCCCCc1ccc(F)cc1)CCC1CCC(=O)N1. The third-order valence-corrected chi connectivity index (χ3v) is 4.19. The van der Waals surface area contributed by atoms with Gasteiger partial charge < -0.3 is 5.32 Å². The zero-order valence-electron chi connectivity index (χ0n) is 12.9. The van der Waals surface area contributed by atoms with Crippen LogP contribution in [0.15, 0.2) is 24.3 Å². The first-order valence-corrected chi connectivity index (χ1v) is 8.19. The van der Waals surface area contributed by atoms with E-state index in [1.165, 1.54) is 12.1 Å². The maximum absolute atomic E-state index is 12.8. The van der Waals surface area contributed by atoms with E-state index in [4.69, 9.17) is 0 Å². The molecule has 3 nitrogen and oxygen atoms in total. The fraction of sp³-hybridized carbons (Fsp3) is 0.556. The number of unbranched alkanes of at least 4 members (excludes halogenated alkanes) is 2. The van der Waals surface area contributed by atoms with Gasteiger partial charge in [-0.2, -0.15) is 0 Å². The molecule has 1 amide bonds. The molecule has 0 spiro atoms. The highest BCUT2D eigenvalue weighted by Gasteiger charge is 2.20. The van der Waals surface area contributed by atoms with Gasteiger partial charge in [-0.25, -0.2) is 4.39 Å². The largest absolute Gasteiger partial charge is 0.353 e. The van der Waals surface area contributed by atoms with E-state index < -0.39 is 0 Å². The molecule has 1 fully saturated rings. The van der Waals surface area contributed by atoms with Crippen LogP contribution in [0.5, 0.6) is 0 Å². The number of hydrogen-bond donors (Lipinski definition) is 1.